The highest BCUT2D eigenvalue weighted by atomic mass is 35.5. The minimum atomic E-state index is -0.795. The van der Waals surface area contributed by atoms with Gasteiger partial charge in [-0.15, -0.1) is 0 Å². The molecule has 102 valence electrons. The molecule has 20 heavy (non-hydrogen) atoms. The third kappa shape index (κ3) is 2.61. The molecule has 0 aromatic carbocycles. The van der Waals surface area contributed by atoms with Crippen LogP contribution in [0.4, 0.5) is 5.82 Å². The molecule has 2 rings (SSSR count). The number of hydrogen-bond acceptors (Lipinski definition) is 6. The number of esters is 1. The summed E-state index contributed by atoms with van der Waals surface area (Å²) in [6.45, 7) is 0. The van der Waals surface area contributed by atoms with Gasteiger partial charge >= 0.3 is 5.97 Å². The van der Waals surface area contributed by atoms with Gasteiger partial charge in [-0.2, -0.15) is 5.26 Å². The smallest absolute Gasteiger partial charge is 0.351 e. The maximum absolute atomic E-state index is 12.0. The Bertz CT molecular complexity index is 654. The first-order chi connectivity index (χ1) is 9.58. The van der Waals surface area contributed by atoms with E-state index in [0.717, 1.165) is 11.8 Å². The second kappa shape index (κ2) is 5.94. The average molecular weight is 310 g/mol. The van der Waals surface area contributed by atoms with Crippen molar-refractivity contribution in [2.75, 3.05) is 17.8 Å². The van der Waals surface area contributed by atoms with E-state index in [1.807, 2.05) is 0 Å². The molecule has 1 aliphatic rings. The second-order valence-corrected chi connectivity index (χ2v) is 4.97. The van der Waals surface area contributed by atoms with Crippen LogP contribution in [0.2, 0.25) is 5.15 Å². The fraction of sp³-hybridized carbons (Fsp3) is 0.167. The van der Waals surface area contributed by atoms with Crippen LogP contribution in [0.3, 0.4) is 0 Å². The Labute approximate surface area is 124 Å². The van der Waals surface area contributed by atoms with Gasteiger partial charge in [-0.25, -0.2) is 9.78 Å². The summed E-state index contributed by atoms with van der Waals surface area (Å²) >= 11 is 6.88. The lowest BCUT2D eigenvalue weighted by atomic mass is 10.3. The standard InChI is InChI=1S/C12H8ClN3O3S/c1-19-12(18)7(5-14)11-16(10(17)6-20-11)9-4-2-3-8(13)15-9/h2-4H,6H2,1H3/b11-7-. The molecule has 0 atom stereocenters. The van der Waals surface area contributed by atoms with Crippen LogP contribution in [0, 0.1) is 11.3 Å². The highest BCUT2D eigenvalue weighted by molar-refractivity contribution is 8.04. The predicted molar refractivity (Wildman–Crippen MR) is 73.8 cm³/mol. The summed E-state index contributed by atoms with van der Waals surface area (Å²) in [5.74, 6) is -0.696. The number of pyridine rings is 1. The highest BCUT2D eigenvalue weighted by Gasteiger charge is 2.34. The Morgan fingerprint density at radius 3 is 2.95 bits per heavy atom. The van der Waals surface area contributed by atoms with E-state index in [2.05, 4.69) is 9.72 Å². The number of aromatic nitrogens is 1. The molecule has 0 aliphatic carbocycles. The number of carbonyl (C=O) groups is 2. The number of thioether (sulfide) groups is 1. The third-order valence-electron chi connectivity index (χ3n) is 2.43. The van der Waals surface area contributed by atoms with E-state index < -0.39 is 5.97 Å². The second-order valence-electron chi connectivity index (χ2n) is 3.62. The molecule has 1 fully saturated rings. The van der Waals surface area contributed by atoms with E-state index in [0.29, 0.717) is 0 Å². The van der Waals surface area contributed by atoms with Crippen molar-refractivity contribution >= 4 is 41.1 Å². The molecule has 0 unspecified atom stereocenters. The summed E-state index contributed by atoms with van der Waals surface area (Å²) in [5, 5.41) is 9.51. The molecule has 0 spiro atoms. The van der Waals surface area contributed by atoms with Crippen molar-refractivity contribution in [1.29, 1.82) is 5.26 Å². The van der Waals surface area contributed by atoms with Crippen LogP contribution in [0.25, 0.3) is 0 Å². The van der Waals surface area contributed by atoms with E-state index in [9.17, 15) is 9.59 Å². The zero-order valence-corrected chi connectivity index (χ0v) is 11.9. The maximum Gasteiger partial charge on any atom is 0.351 e. The normalized spacial score (nSPS) is 16.9. The van der Waals surface area contributed by atoms with Gasteiger partial charge in [0.2, 0.25) is 5.91 Å². The van der Waals surface area contributed by atoms with E-state index >= 15 is 0 Å². The number of carbonyl (C=O) groups excluding carboxylic acids is 2. The van der Waals surface area contributed by atoms with Gasteiger partial charge in [-0.3, -0.25) is 9.69 Å². The number of anilines is 1. The van der Waals surface area contributed by atoms with Crippen LogP contribution >= 0.6 is 23.4 Å². The molecule has 1 amide bonds. The summed E-state index contributed by atoms with van der Waals surface area (Å²) < 4.78 is 4.54. The van der Waals surface area contributed by atoms with E-state index in [1.54, 1.807) is 24.3 Å². The van der Waals surface area contributed by atoms with Gasteiger partial charge in [0.1, 0.15) is 22.1 Å². The molecule has 6 nitrogen and oxygen atoms in total. The SMILES string of the molecule is COC(=O)/C(C#N)=C1\SCC(=O)N1c1cccc(Cl)n1. The molecule has 0 N–H and O–H groups in total. The van der Waals surface area contributed by atoms with Crippen molar-refractivity contribution in [3.05, 3.63) is 34.0 Å². The van der Waals surface area contributed by atoms with Crippen molar-refractivity contribution in [2.45, 2.75) is 0 Å². The molecule has 1 saturated heterocycles. The Kier molecular flexibility index (Phi) is 4.27. The van der Waals surface area contributed by atoms with Crippen molar-refractivity contribution in [3.63, 3.8) is 0 Å². The zero-order chi connectivity index (χ0) is 14.7. The van der Waals surface area contributed by atoms with E-state index in [1.165, 1.54) is 12.0 Å². The van der Waals surface area contributed by atoms with Crippen molar-refractivity contribution in [1.82, 2.24) is 4.98 Å². The lowest BCUT2D eigenvalue weighted by Crippen LogP contribution is -2.26. The molecular weight excluding hydrogens is 302 g/mol. The first-order valence-electron chi connectivity index (χ1n) is 5.39. The molecule has 1 aromatic heterocycles. The topological polar surface area (TPSA) is 83.3 Å². The van der Waals surface area contributed by atoms with Crippen LogP contribution in [-0.2, 0) is 14.3 Å². The molecule has 0 bridgehead atoms. The maximum atomic E-state index is 12.0. The van der Waals surface area contributed by atoms with Crippen molar-refractivity contribution in [3.8, 4) is 6.07 Å². The van der Waals surface area contributed by atoms with Gasteiger partial charge in [-0.1, -0.05) is 29.4 Å². The van der Waals surface area contributed by atoms with Gasteiger partial charge in [0.15, 0.2) is 5.57 Å². The van der Waals surface area contributed by atoms with Gasteiger partial charge in [0.25, 0.3) is 0 Å². The van der Waals surface area contributed by atoms with Crippen LogP contribution in [-0.4, -0.2) is 29.7 Å². The summed E-state index contributed by atoms with van der Waals surface area (Å²) in [6.07, 6.45) is 0. The van der Waals surface area contributed by atoms with E-state index in [4.69, 9.17) is 16.9 Å². The van der Waals surface area contributed by atoms with Gasteiger partial charge in [0.05, 0.1) is 12.9 Å². The number of rotatable bonds is 2. The number of halogens is 1. The summed E-state index contributed by atoms with van der Waals surface area (Å²) in [5.41, 5.74) is -0.231. The van der Waals surface area contributed by atoms with Crippen molar-refractivity contribution in [2.24, 2.45) is 0 Å². The number of amides is 1. The lowest BCUT2D eigenvalue weighted by Gasteiger charge is -2.16. The molecule has 2 heterocycles. The zero-order valence-electron chi connectivity index (χ0n) is 10.3. The van der Waals surface area contributed by atoms with Crippen LogP contribution in [0.5, 0.6) is 0 Å². The van der Waals surface area contributed by atoms with Crippen LogP contribution < -0.4 is 4.90 Å². The fourth-order valence-electron chi connectivity index (χ4n) is 1.59. The number of hydrogen-bond donors (Lipinski definition) is 0. The Balaban J connectivity index is 2.54. The number of nitrogens with zero attached hydrogens (tertiary/aromatic N) is 3. The molecular formula is C12H8ClN3O3S. The summed E-state index contributed by atoms with van der Waals surface area (Å²) in [4.78, 5) is 28.8. The van der Waals surface area contributed by atoms with Gasteiger partial charge < -0.3 is 4.74 Å². The van der Waals surface area contributed by atoms with Gasteiger partial charge in [0, 0.05) is 0 Å². The van der Waals surface area contributed by atoms with Crippen LogP contribution in [0.15, 0.2) is 28.8 Å². The Morgan fingerprint density at radius 1 is 1.60 bits per heavy atom. The minimum Gasteiger partial charge on any atom is -0.465 e. The molecule has 1 aliphatic heterocycles. The minimum absolute atomic E-state index is 0.117. The van der Waals surface area contributed by atoms with E-state index in [-0.39, 0.29) is 33.2 Å². The quantitative estimate of drug-likeness (QED) is 0.358. The molecule has 0 saturated carbocycles. The summed E-state index contributed by atoms with van der Waals surface area (Å²) in [6, 6.07) is 6.52. The largest absolute Gasteiger partial charge is 0.465 e. The Morgan fingerprint density at radius 2 is 2.35 bits per heavy atom. The molecule has 8 heteroatoms. The first kappa shape index (κ1) is 14.4. The average Bonchev–Trinajstić information content (AvgIpc) is 2.81. The summed E-state index contributed by atoms with van der Waals surface area (Å²) in [7, 11) is 1.17. The van der Waals surface area contributed by atoms with Crippen LogP contribution in [0.1, 0.15) is 0 Å². The van der Waals surface area contributed by atoms with Crippen molar-refractivity contribution < 1.29 is 14.3 Å². The van der Waals surface area contributed by atoms with Gasteiger partial charge in [-0.05, 0) is 12.1 Å². The Hall–Kier alpha value is -2.04. The fourth-order valence-corrected chi connectivity index (χ4v) is 2.74. The monoisotopic (exact) mass is 309 g/mol. The number of methoxy groups -OCH3 is 1. The lowest BCUT2D eigenvalue weighted by molar-refractivity contribution is -0.135. The molecule has 1 aromatic rings. The molecule has 0 radical (unpaired) electrons. The number of nitriles is 1. The number of ether oxygens (including phenoxy) is 1. The highest BCUT2D eigenvalue weighted by Crippen LogP contribution is 2.35. The first-order valence-corrected chi connectivity index (χ1v) is 6.76. The third-order valence-corrected chi connectivity index (χ3v) is 3.69. The predicted octanol–water partition coefficient (Wildman–Crippen LogP) is 1.72.